The van der Waals surface area contributed by atoms with Gasteiger partial charge in [-0.1, -0.05) is 62.6 Å². The van der Waals surface area contributed by atoms with Gasteiger partial charge >= 0.3 is 0 Å². The molecule has 1 aliphatic carbocycles. The van der Waals surface area contributed by atoms with Crippen molar-refractivity contribution in [3.63, 3.8) is 0 Å². The molecule has 5 rings (SSSR count). The van der Waals surface area contributed by atoms with Gasteiger partial charge in [-0.3, -0.25) is 0 Å². The van der Waals surface area contributed by atoms with Crippen LogP contribution in [0.2, 0.25) is 0 Å². The molecule has 2 unspecified atom stereocenters. The molecule has 2 aliphatic rings. The van der Waals surface area contributed by atoms with E-state index < -0.39 is 41.3 Å². The Bertz CT molecular complexity index is 1330. The molecule has 1 N–H and O–H groups in total. The second-order valence-corrected chi connectivity index (χ2v) is 10.8. The Morgan fingerprint density at radius 2 is 1.41 bits per heavy atom. The zero-order valence-corrected chi connectivity index (χ0v) is 22.0. The first-order valence-electron chi connectivity index (χ1n) is 13.8. The van der Waals surface area contributed by atoms with Crippen LogP contribution in [0.1, 0.15) is 105 Å². The third kappa shape index (κ3) is 5.75. The van der Waals surface area contributed by atoms with E-state index in [0.29, 0.717) is 44.3 Å². The smallest absolute Gasteiger partial charge is 0.167 e. The quantitative estimate of drug-likeness (QED) is 0.166. The Morgan fingerprint density at radius 3 is 2.08 bits per heavy atom. The minimum Gasteiger partial charge on any atom is -0.388 e. The van der Waals surface area contributed by atoms with Gasteiger partial charge in [-0.2, -0.15) is 0 Å². The van der Waals surface area contributed by atoms with Crippen molar-refractivity contribution in [1.82, 2.24) is 0 Å². The molecule has 1 saturated heterocycles. The van der Waals surface area contributed by atoms with E-state index in [2.05, 4.69) is 0 Å². The molecule has 0 aromatic heterocycles. The lowest BCUT2D eigenvalue weighted by Crippen LogP contribution is -2.15. The highest BCUT2D eigenvalue weighted by atomic mass is 19.2. The minimum atomic E-state index is -1.09. The van der Waals surface area contributed by atoms with Crippen LogP contribution in [-0.2, 0) is 4.74 Å². The maximum atomic E-state index is 15.1. The highest BCUT2D eigenvalue weighted by Gasteiger charge is 2.31. The molecule has 7 heteroatoms. The van der Waals surface area contributed by atoms with E-state index >= 15 is 8.78 Å². The lowest BCUT2D eigenvalue weighted by molar-refractivity contribution is 0.157. The predicted molar refractivity (Wildman–Crippen MR) is 140 cm³/mol. The topological polar surface area (TPSA) is 32.8 Å². The second-order valence-electron chi connectivity index (χ2n) is 10.8. The molecular formula is C32H33F5O2. The summed E-state index contributed by atoms with van der Waals surface area (Å²) < 4.78 is 79.1. The van der Waals surface area contributed by atoms with Crippen LogP contribution in [0.15, 0.2) is 42.5 Å². The molecule has 2 nitrogen and oxygen atoms in total. The predicted octanol–water partition coefficient (Wildman–Crippen LogP) is 9.18. The van der Waals surface area contributed by atoms with E-state index in [9.17, 15) is 18.3 Å². The molecule has 39 heavy (non-hydrogen) atoms. The van der Waals surface area contributed by atoms with E-state index in [1.807, 2.05) is 6.92 Å². The normalized spacial score (nSPS) is 21.7. The third-order valence-electron chi connectivity index (χ3n) is 8.30. The van der Waals surface area contributed by atoms with Crippen LogP contribution >= 0.6 is 0 Å². The van der Waals surface area contributed by atoms with E-state index in [1.165, 1.54) is 30.3 Å². The molecule has 0 radical (unpaired) electrons. The van der Waals surface area contributed by atoms with E-state index in [1.54, 1.807) is 12.1 Å². The van der Waals surface area contributed by atoms with Crippen LogP contribution in [-0.4, -0.2) is 11.7 Å². The summed E-state index contributed by atoms with van der Waals surface area (Å²) in [5.74, 6) is -4.76. The zero-order chi connectivity index (χ0) is 27.7. The van der Waals surface area contributed by atoms with Gasteiger partial charge in [0.05, 0.1) is 12.7 Å². The molecule has 208 valence electrons. The number of aliphatic hydroxyl groups excluding tert-OH is 1. The Balaban J connectivity index is 1.26. The number of hydrogen-bond acceptors (Lipinski definition) is 2. The average molecular weight is 545 g/mol. The maximum absolute atomic E-state index is 15.1. The van der Waals surface area contributed by atoms with E-state index in [-0.39, 0.29) is 34.1 Å². The Labute approximate surface area is 225 Å². The molecule has 0 amide bonds. The van der Waals surface area contributed by atoms with Crippen molar-refractivity contribution in [3.8, 4) is 11.1 Å². The first-order chi connectivity index (χ1) is 18.8. The van der Waals surface area contributed by atoms with Gasteiger partial charge in [0.25, 0.3) is 0 Å². The summed E-state index contributed by atoms with van der Waals surface area (Å²) in [7, 11) is 0. The van der Waals surface area contributed by atoms with Crippen LogP contribution < -0.4 is 0 Å². The van der Waals surface area contributed by atoms with Crippen molar-refractivity contribution in [3.05, 3.63) is 93.8 Å². The molecule has 1 heterocycles. The summed E-state index contributed by atoms with van der Waals surface area (Å²) in [6.07, 6.45) is 4.10. The minimum absolute atomic E-state index is 0.00318. The number of rotatable bonds is 9. The van der Waals surface area contributed by atoms with Crippen LogP contribution in [0.5, 0.6) is 0 Å². The fourth-order valence-electron chi connectivity index (χ4n) is 5.89. The first kappa shape index (κ1) is 27.8. The lowest BCUT2D eigenvalue weighted by Gasteiger charge is -2.30. The average Bonchev–Trinajstić information content (AvgIpc) is 3.78. The Hall–Kier alpha value is -2.77. The second kappa shape index (κ2) is 11.8. The van der Waals surface area contributed by atoms with Crippen LogP contribution in [0, 0.1) is 29.1 Å². The summed E-state index contributed by atoms with van der Waals surface area (Å²) in [6.45, 7) is 2.38. The lowest BCUT2D eigenvalue weighted by atomic mass is 9.75. The summed E-state index contributed by atoms with van der Waals surface area (Å²) in [5.41, 5.74) is 1.05. The van der Waals surface area contributed by atoms with Gasteiger partial charge < -0.3 is 9.84 Å². The van der Waals surface area contributed by atoms with Crippen LogP contribution in [0.25, 0.3) is 11.1 Å². The monoisotopic (exact) mass is 544 g/mol. The molecule has 0 bridgehead atoms. The molecule has 3 aromatic carbocycles. The summed E-state index contributed by atoms with van der Waals surface area (Å²) in [6, 6.07) is 10.5. The fraction of sp³-hybridized carbons (Fsp3) is 0.438. The summed E-state index contributed by atoms with van der Waals surface area (Å²) in [4.78, 5) is 0. The third-order valence-corrected chi connectivity index (χ3v) is 8.30. The van der Waals surface area contributed by atoms with Crippen molar-refractivity contribution >= 4 is 0 Å². The molecule has 3 aromatic rings. The number of halogens is 5. The molecule has 0 spiro atoms. The first-order valence-corrected chi connectivity index (χ1v) is 13.8. The number of hydrogen-bond donors (Lipinski definition) is 1. The van der Waals surface area contributed by atoms with Crippen LogP contribution in [0.3, 0.4) is 0 Å². The SMILES string of the molecule is CCCCCC(O)c1ccc(C2CCC(c3ccc(-c4ccc(C5CO5)c(F)c4F)c(F)c3)CC2)c(F)c1F. The number of unbranched alkanes of at least 4 members (excludes halogenated alkanes) is 2. The number of ether oxygens (including phenoxy) is 1. The van der Waals surface area contributed by atoms with E-state index in [0.717, 1.165) is 24.8 Å². The van der Waals surface area contributed by atoms with Gasteiger partial charge in [-0.15, -0.1) is 0 Å². The van der Waals surface area contributed by atoms with Crippen molar-refractivity contribution in [2.45, 2.75) is 82.3 Å². The highest BCUT2D eigenvalue weighted by Crippen LogP contribution is 2.43. The largest absolute Gasteiger partial charge is 0.388 e. The number of epoxide rings is 1. The molecule has 1 saturated carbocycles. The molecule has 2 fully saturated rings. The van der Waals surface area contributed by atoms with E-state index in [4.69, 9.17) is 4.74 Å². The standard InChI is InChI=1S/C32H33F5O2/c1-2-3-4-5-27(38)24-14-12-21(29(34)31(24)36)19-8-6-18(7-9-19)20-10-11-22(26(33)16-20)23-13-15-25(28-17-39-28)32(37)30(23)35/h10-16,18-19,27-28,38H,2-9,17H2,1H3. The van der Waals surface area contributed by atoms with Gasteiger partial charge in [0.1, 0.15) is 11.9 Å². The van der Waals surface area contributed by atoms with Crippen LogP contribution in [0.4, 0.5) is 22.0 Å². The Kier molecular flexibility index (Phi) is 8.38. The molecule has 2 atom stereocenters. The van der Waals surface area contributed by atoms with Gasteiger partial charge in [-0.25, -0.2) is 22.0 Å². The van der Waals surface area contributed by atoms with Gasteiger partial charge in [-0.05, 0) is 61.1 Å². The van der Waals surface area contributed by atoms with Gasteiger partial charge in [0.15, 0.2) is 23.3 Å². The van der Waals surface area contributed by atoms with Gasteiger partial charge in [0.2, 0.25) is 0 Å². The van der Waals surface area contributed by atoms with Crippen molar-refractivity contribution in [2.24, 2.45) is 0 Å². The highest BCUT2D eigenvalue weighted by molar-refractivity contribution is 5.66. The fourth-order valence-corrected chi connectivity index (χ4v) is 5.89. The van der Waals surface area contributed by atoms with Crippen molar-refractivity contribution in [1.29, 1.82) is 0 Å². The Morgan fingerprint density at radius 1 is 0.769 bits per heavy atom. The zero-order valence-electron chi connectivity index (χ0n) is 22.0. The number of aliphatic hydroxyl groups is 1. The summed E-state index contributed by atoms with van der Waals surface area (Å²) >= 11 is 0. The van der Waals surface area contributed by atoms with Crippen molar-refractivity contribution in [2.75, 3.05) is 6.61 Å². The summed E-state index contributed by atoms with van der Waals surface area (Å²) in [5, 5.41) is 10.3. The molecular weight excluding hydrogens is 511 g/mol. The van der Waals surface area contributed by atoms with Crippen molar-refractivity contribution < 1.29 is 31.8 Å². The van der Waals surface area contributed by atoms with Gasteiger partial charge in [0, 0.05) is 22.3 Å². The molecule has 1 aliphatic heterocycles. The number of benzene rings is 3. The maximum Gasteiger partial charge on any atom is 0.167 e.